The zero-order valence-corrected chi connectivity index (χ0v) is 18.7. The van der Waals surface area contributed by atoms with Gasteiger partial charge in [0.2, 0.25) is 11.8 Å². The third-order valence-corrected chi connectivity index (χ3v) is 8.27. The molecule has 2 amide bonds. The summed E-state index contributed by atoms with van der Waals surface area (Å²) in [5, 5.41) is 6.05. The number of carbonyl (C=O) groups excluding carboxylic acids is 2. The van der Waals surface area contributed by atoms with Crippen LogP contribution in [0.15, 0.2) is 24.3 Å². The van der Waals surface area contributed by atoms with Crippen LogP contribution in [-0.4, -0.2) is 56.0 Å². The van der Waals surface area contributed by atoms with Crippen molar-refractivity contribution < 1.29 is 9.59 Å². The Bertz CT molecular complexity index is 795. The summed E-state index contributed by atoms with van der Waals surface area (Å²) in [7, 11) is 0. The molecule has 5 fully saturated rings. The van der Waals surface area contributed by atoms with Gasteiger partial charge in [0, 0.05) is 31.6 Å². The van der Waals surface area contributed by atoms with E-state index in [4.69, 9.17) is 0 Å². The number of nitrogens with zero attached hydrogens (tertiary/aromatic N) is 2. The van der Waals surface area contributed by atoms with E-state index in [1.165, 1.54) is 19.3 Å². The predicted molar refractivity (Wildman–Crippen MR) is 123 cm³/mol. The molecular formula is C25H36N4O2. The number of para-hydroxylation sites is 2. The van der Waals surface area contributed by atoms with Crippen LogP contribution in [0.25, 0.3) is 0 Å². The Balaban J connectivity index is 1.18. The summed E-state index contributed by atoms with van der Waals surface area (Å²) in [6, 6.07) is 8.01. The molecule has 4 bridgehead atoms. The standard InChI is InChI=1S/C25H36N4O2/c1-2-28-7-9-29(10-8-28)22-6-4-3-5-21(22)27-23(30)17-26-24(31)25-14-18-11-19(15-25)13-20(12-18)16-25/h3-6,18-20H,2,7-17H2,1H3,(H,26,31)(H,27,30). The quantitative estimate of drug-likeness (QED) is 0.737. The van der Waals surface area contributed by atoms with Crippen LogP contribution in [0, 0.1) is 23.2 Å². The zero-order valence-electron chi connectivity index (χ0n) is 18.7. The molecule has 0 spiro atoms. The molecule has 0 unspecified atom stereocenters. The predicted octanol–water partition coefficient (Wildman–Crippen LogP) is 3.10. The number of rotatable bonds is 6. The van der Waals surface area contributed by atoms with Crippen molar-refractivity contribution in [3.05, 3.63) is 24.3 Å². The van der Waals surface area contributed by atoms with E-state index in [0.717, 1.165) is 81.1 Å². The summed E-state index contributed by atoms with van der Waals surface area (Å²) in [6.45, 7) is 7.34. The highest BCUT2D eigenvalue weighted by Gasteiger charge is 2.54. The lowest BCUT2D eigenvalue weighted by Crippen LogP contribution is -2.54. The van der Waals surface area contributed by atoms with Gasteiger partial charge in [-0.25, -0.2) is 0 Å². The maximum atomic E-state index is 13.1. The SMILES string of the molecule is CCN1CCN(c2ccccc2NC(=O)CNC(=O)C23CC4CC(CC(C4)C2)C3)CC1. The summed E-state index contributed by atoms with van der Waals surface area (Å²) in [5.74, 6) is 2.16. The number of amides is 2. The van der Waals surface area contributed by atoms with Gasteiger partial charge in [-0.1, -0.05) is 19.1 Å². The number of hydrogen-bond donors (Lipinski definition) is 2. The number of hydrogen-bond acceptors (Lipinski definition) is 4. The first-order valence-corrected chi connectivity index (χ1v) is 12.2. The van der Waals surface area contributed by atoms with E-state index in [9.17, 15) is 9.59 Å². The van der Waals surface area contributed by atoms with Crippen LogP contribution >= 0.6 is 0 Å². The maximum absolute atomic E-state index is 13.1. The number of carbonyl (C=O) groups is 2. The van der Waals surface area contributed by atoms with E-state index in [1.807, 2.05) is 18.2 Å². The molecule has 1 heterocycles. The smallest absolute Gasteiger partial charge is 0.243 e. The number of likely N-dealkylation sites (N-methyl/N-ethyl adjacent to an activating group) is 1. The van der Waals surface area contributed by atoms with Gasteiger partial charge in [-0.2, -0.15) is 0 Å². The van der Waals surface area contributed by atoms with E-state index in [2.05, 4.69) is 33.4 Å². The van der Waals surface area contributed by atoms with Gasteiger partial charge in [0.05, 0.1) is 17.9 Å². The molecule has 1 aliphatic heterocycles. The van der Waals surface area contributed by atoms with E-state index in [-0.39, 0.29) is 23.8 Å². The Morgan fingerprint density at radius 2 is 1.58 bits per heavy atom. The lowest BCUT2D eigenvalue weighted by Gasteiger charge is -2.55. The topological polar surface area (TPSA) is 64.7 Å². The first kappa shape index (κ1) is 20.8. The fourth-order valence-electron chi connectivity index (χ4n) is 7.09. The van der Waals surface area contributed by atoms with Crippen molar-refractivity contribution in [1.29, 1.82) is 0 Å². The summed E-state index contributed by atoms with van der Waals surface area (Å²) >= 11 is 0. The molecule has 5 aliphatic rings. The van der Waals surface area contributed by atoms with Gasteiger partial charge in [-0.15, -0.1) is 0 Å². The summed E-state index contributed by atoms with van der Waals surface area (Å²) in [6.07, 6.45) is 7.03. The van der Waals surface area contributed by atoms with Crippen LogP contribution in [0.5, 0.6) is 0 Å². The van der Waals surface area contributed by atoms with E-state index < -0.39 is 0 Å². The monoisotopic (exact) mass is 424 g/mol. The zero-order chi connectivity index (χ0) is 21.4. The minimum atomic E-state index is -0.202. The average Bonchev–Trinajstić information content (AvgIpc) is 2.77. The van der Waals surface area contributed by atoms with Crippen molar-refractivity contribution in [3.8, 4) is 0 Å². The first-order valence-electron chi connectivity index (χ1n) is 12.2. The van der Waals surface area contributed by atoms with Gasteiger partial charge in [0.1, 0.15) is 0 Å². The number of piperazine rings is 1. The fourth-order valence-corrected chi connectivity index (χ4v) is 7.09. The van der Waals surface area contributed by atoms with Crippen molar-refractivity contribution in [2.75, 3.05) is 49.5 Å². The van der Waals surface area contributed by atoms with E-state index in [1.54, 1.807) is 0 Å². The van der Waals surface area contributed by atoms with Gasteiger partial charge in [-0.3, -0.25) is 9.59 Å². The average molecular weight is 425 g/mol. The van der Waals surface area contributed by atoms with Crippen molar-refractivity contribution >= 4 is 23.2 Å². The van der Waals surface area contributed by atoms with Gasteiger partial charge in [0.15, 0.2) is 0 Å². The minimum Gasteiger partial charge on any atom is -0.367 e. The van der Waals surface area contributed by atoms with Crippen molar-refractivity contribution in [1.82, 2.24) is 10.2 Å². The molecule has 1 saturated heterocycles. The van der Waals surface area contributed by atoms with Crippen LogP contribution in [-0.2, 0) is 9.59 Å². The second kappa shape index (κ2) is 8.45. The van der Waals surface area contributed by atoms with Crippen LogP contribution < -0.4 is 15.5 Å². The molecule has 168 valence electrons. The molecule has 1 aromatic carbocycles. The highest BCUT2D eigenvalue weighted by Crippen LogP contribution is 2.60. The van der Waals surface area contributed by atoms with Crippen molar-refractivity contribution in [3.63, 3.8) is 0 Å². The molecule has 1 aromatic rings. The van der Waals surface area contributed by atoms with Crippen LogP contribution in [0.4, 0.5) is 11.4 Å². The maximum Gasteiger partial charge on any atom is 0.243 e. The normalized spacial score (nSPS) is 32.2. The highest BCUT2D eigenvalue weighted by molar-refractivity contribution is 5.98. The number of benzene rings is 1. The molecule has 2 N–H and O–H groups in total. The molecule has 31 heavy (non-hydrogen) atoms. The van der Waals surface area contributed by atoms with Crippen molar-refractivity contribution in [2.45, 2.75) is 45.4 Å². The molecule has 4 saturated carbocycles. The lowest BCUT2D eigenvalue weighted by atomic mass is 9.49. The third kappa shape index (κ3) is 4.19. The molecule has 6 heteroatoms. The highest BCUT2D eigenvalue weighted by atomic mass is 16.2. The first-order chi connectivity index (χ1) is 15.0. The van der Waals surface area contributed by atoms with Crippen LogP contribution in [0.2, 0.25) is 0 Å². The van der Waals surface area contributed by atoms with Gasteiger partial charge < -0.3 is 20.4 Å². The summed E-state index contributed by atoms with van der Waals surface area (Å²) < 4.78 is 0. The largest absolute Gasteiger partial charge is 0.367 e. The lowest BCUT2D eigenvalue weighted by molar-refractivity contribution is -0.146. The Morgan fingerprint density at radius 3 is 2.19 bits per heavy atom. The van der Waals surface area contributed by atoms with E-state index >= 15 is 0 Å². The van der Waals surface area contributed by atoms with Gasteiger partial charge in [0.25, 0.3) is 0 Å². The van der Waals surface area contributed by atoms with Crippen LogP contribution in [0.1, 0.15) is 45.4 Å². The van der Waals surface area contributed by atoms with Crippen LogP contribution in [0.3, 0.4) is 0 Å². The Morgan fingerprint density at radius 1 is 0.968 bits per heavy atom. The fraction of sp³-hybridized carbons (Fsp3) is 0.680. The molecule has 0 aromatic heterocycles. The summed E-state index contributed by atoms with van der Waals surface area (Å²) in [4.78, 5) is 30.6. The third-order valence-electron chi connectivity index (χ3n) is 8.27. The molecule has 6 rings (SSSR count). The second-order valence-electron chi connectivity index (χ2n) is 10.4. The number of anilines is 2. The Kier molecular flexibility index (Phi) is 5.67. The molecule has 0 radical (unpaired) electrons. The number of nitrogens with one attached hydrogen (secondary N) is 2. The molecule has 4 aliphatic carbocycles. The minimum absolute atomic E-state index is 0.0541. The van der Waals surface area contributed by atoms with Gasteiger partial charge >= 0.3 is 0 Å². The molecular weight excluding hydrogens is 388 g/mol. The van der Waals surface area contributed by atoms with E-state index in [0.29, 0.717) is 0 Å². The Labute approximate surface area is 185 Å². The van der Waals surface area contributed by atoms with Crippen molar-refractivity contribution in [2.24, 2.45) is 23.2 Å². The molecule has 0 atom stereocenters. The summed E-state index contributed by atoms with van der Waals surface area (Å²) in [5.41, 5.74) is 1.70. The second-order valence-corrected chi connectivity index (χ2v) is 10.4. The Hall–Kier alpha value is -2.08. The van der Waals surface area contributed by atoms with Gasteiger partial charge in [-0.05, 0) is 75.0 Å². The molecule has 6 nitrogen and oxygen atoms in total.